The van der Waals surface area contributed by atoms with Gasteiger partial charge in [-0.1, -0.05) is 35.9 Å². The van der Waals surface area contributed by atoms with E-state index in [-0.39, 0.29) is 6.04 Å². The number of likely N-dealkylation sites (N-methyl/N-ethyl adjacent to an activating group) is 1. The van der Waals surface area contributed by atoms with Gasteiger partial charge in [0.25, 0.3) is 0 Å². The predicted octanol–water partition coefficient (Wildman–Crippen LogP) is 5.06. The van der Waals surface area contributed by atoms with E-state index in [1.54, 1.807) is 0 Å². The zero-order valence-electron chi connectivity index (χ0n) is 12.0. The highest BCUT2D eigenvalue weighted by atomic mass is 127. The van der Waals surface area contributed by atoms with E-state index in [1.807, 2.05) is 7.05 Å². The van der Waals surface area contributed by atoms with Gasteiger partial charge in [-0.15, -0.1) is 0 Å². The minimum atomic E-state index is 0.282. The number of rotatable bonds is 4. The molecule has 0 bridgehead atoms. The van der Waals surface area contributed by atoms with Crippen LogP contribution in [0.1, 0.15) is 28.3 Å². The van der Waals surface area contributed by atoms with Gasteiger partial charge < -0.3 is 5.32 Å². The van der Waals surface area contributed by atoms with Crippen LogP contribution < -0.4 is 5.32 Å². The van der Waals surface area contributed by atoms with Crippen LogP contribution in [0, 0.1) is 17.4 Å². The van der Waals surface area contributed by atoms with Gasteiger partial charge in [0, 0.05) is 9.61 Å². The zero-order valence-corrected chi connectivity index (χ0v) is 14.9. The van der Waals surface area contributed by atoms with Crippen LogP contribution in [0.5, 0.6) is 0 Å². The summed E-state index contributed by atoms with van der Waals surface area (Å²) in [4.78, 5) is 0. The van der Waals surface area contributed by atoms with Gasteiger partial charge in [0.05, 0.1) is 5.02 Å². The first-order valence-corrected chi connectivity index (χ1v) is 8.16. The van der Waals surface area contributed by atoms with Gasteiger partial charge >= 0.3 is 0 Å². The molecule has 1 N–H and O–H groups in total. The van der Waals surface area contributed by atoms with Gasteiger partial charge in [-0.3, -0.25) is 0 Å². The summed E-state index contributed by atoms with van der Waals surface area (Å²) in [7, 11) is 2.00. The quantitative estimate of drug-likeness (QED) is 0.708. The van der Waals surface area contributed by atoms with Crippen molar-refractivity contribution in [2.45, 2.75) is 26.3 Å². The Morgan fingerprint density at radius 1 is 1.15 bits per heavy atom. The standard InChI is InChI=1S/C17H19ClIN/c1-11-5-4-6-12(2)14(11)10-17(20-3)13-7-8-16(19)15(18)9-13/h4-9,17,20H,10H2,1-3H3. The minimum Gasteiger partial charge on any atom is -0.313 e. The lowest BCUT2D eigenvalue weighted by Crippen LogP contribution is -2.19. The number of hydrogen-bond donors (Lipinski definition) is 1. The summed E-state index contributed by atoms with van der Waals surface area (Å²) in [5.74, 6) is 0. The van der Waals surface area contributed by atoms with E-state index in [2.05, 4.69) is 78.2 Å². The van der Waals surface area contributed by atoms with E-state index in [0.29, 0.717) is 0 Å². The number of halogens is 2. The fraction of sp³-hybridized carbons (Fsp3) is 0.294. The van der Waals surface area contributed by atoms with Crippen LogP contribution in [-0.2, 0) is 6.42 Å². The van der Waals surface area contributed by atoms with Gasteiger partial charge in [0.15, 0.2) is 0 Å². The monoisotopic (exact) mass is 399 g/mol. The molecule has 0 aliphatic heterocycles. The fourth-order valence-corrected chi connectivity index (χ4v) is 3.02. The fourth-order valence-electron chi connectivity index (χ4n) is 2.49. The van der Waals surface area contributed by atoms with Crippen molar-refractivity contribution in [1.82, 2.24) is 5.32 Å². The molecule has 0 amide bonds. The third-order valence-electron chi connectivity index (χ3n) is 3.75. The lowest BCUT2D eigenvalue weighted by atomic mass is 9.93. The Kier molecular flexibility index (Phi) is 5.47. The molecule has 0 aromatic heterocycles. The Labute approximate surface area is 139 Å². The molecule has 2 rings (SSSR count). The van der Waals surface area contributed by atoms with Crippen LogP contribution >= 0.6 is 34.2 Å². The third-order valence-corrected chi connectivity index (χ3v) is 5.32. The molecule has 0 aliphatic carbocycles. The average Bonchev–Trinajstić information content (AvgIpc) is 2.42. The molecule has 2 aromatic carbocycles. The second kappa shape index (κ2) is 6.92. The second-order valence-corrected chi connectivity index (χ2v) is 6.66. The molecule has 0 saturated carbocycles. The third kappa shape index (κ3) is 3.54. The molecule has 0 fully saturated rings. The topological polar surface area (TPSA) is 12.0 Å². The highest BCUT2D eigenvalue weighted by molar-refractivity contribution is 14.1. The van der Waals surface area contributed by atoms with Crippen LogP contribution in [0.2, 0.25) is 5.02 Å². The first-order chi connectivity index (χ1) is 9.52. The number of aryl methyl sites for hydroxylation is 2. The summed E-state index contributed by atoms with van der Waals surface area (Å²) < 4.78 is 1.09. The molecular formula is C17H19ClIN. The first-order valence-electron chi connectivity index (χ1n) is 6.70. The van der Waals surface area contributed by atoms with Crippen molar-refractivity contribution in [3.63, 3.8) is 0 Å². The second-order valence-electron chi connectivity index (χ2n) is 5.09. The van der Waals surface area contributed by atoms with Crippen molar-refractivity contribution >= 4 is 34.2 Å². The van der Waals surface area contributed by atoms with E-state index in [9.17, 15) is 0 Å². The Bertz CT molecular complexity index is 590. The van der Waals surface area contributed by atoms with E-state index in [0.717, 1.165) is 15.0 Å². The Morgan fingerprint density at radius 3 is 2.35 bits per heavy atom. The number of benzene rings is 2. The van der Waals surface area contributed by atoms with E-state index in [1.165, 1.54) is 22.3 Å². The van der Waals surface area contributed by atoms with Crippen molar-refractivity contribution in [3.05, 3.63) is 67.2 Å². The highest BCUT2D eigenvalue weighted by Crippen LogP contribution is 2.27. The van der Waals surface area contributed by atoms with E-state index in [4.69, 9.17) is 11.6 Å². The predicted molar refractivity (Wildman–Crippen MR) is 95.6 cm³/mol. The number of hydrogen-bond acceptors (Lipinski definition) is 1. The van der Waals surface area contributed by atoms with Crippen molar-refractivity contribution in [1.29, 1.82) is 0 Å². The molecule has 0 heterocycles. The maximum atomic E-state index is 6.25. The maximum absolute atomic E-state index is 6.25. The molecule has 0 spiro atoms. The summed E-state index contributed by atoms with van der Waals surface area (Å²) in [6, 6.07) is 13.0. The van der Waals surface area contributed by atoms with Crippen molar-refractivity contribution in [2.24, 2.45) is 0 Å². The molecule has 20 heavy (non-hydrogen) atoms. The van der Waals surface area contributed by atoms with Crippen LogP contribution in [0.15, 0.2) is 36.4 Å². The van der Waals surface area contributed by atoms with E-state index < -0.39 is 0 Å². The molecule has 1 nitrogen and oxygen atoms in total. The zero-order chi connectivity index (χ0) is 14.7. The normalized spacial score (nSPS) is 12.4. The van der Waals surface area contributed by atoms with Crippen LogP contribution in [0.3, 0.4) is 0 Å². The molecule has 0 aliphatic rings. The van der Waals surface area contributed by atoms with Crippen LogP contribution in [-0.4, -0.2) is 7.05 Å². The molecule has 106 valence electrons. The average molecular weight is 400 g/mol. The molecule has 1 unspecified atom stereocenters. The van der Waals surface area contributed by atoms with Gasteiger partial charge in [-0.2, -0.15) is 0 Å². The minimum absolute atomic E-state index is 0.282. The highest BCUT2D eigenvalue weighted by Gasteiger charge is 2.14. The van der Waals surface area contributed by atoms with Crippen LogP contribution in [0.25, 0.3) is 0 Å². The SMILES string of the molecule is CNC(Cc1c(C)cccc1C)c1ccc(I)c(Cl)c1. The summed E-state index contributed by atoms with van der Waals surface area (Å²) >= 11 is 8.50. The van der Waals surface area contributed by atoms with Gasteiger partial charge in [-0.25, -0.2) is 0 Å². The Morgan fingerprint density at radius 2 is 1.80 bits per heavy atom. The Hall–Kier alpha value is -0.580. The van der Waals surface area contributed by atoms with Gasteiger partial charge in [0.1, 0.15) is 0 Å². The molecule has 2 aromatic rings. The van der Waals surface area contributed by atoms with Gasteiger partial charge in [-0.05, 0) is 84.3 Å². The smallest absolute Gasteiger partial charge is 0.0542 e. The summed E-state index contributed by atoms with van der Waals surface area (Å²) in [6.45, 7) is 4.35. The molecular weight excluding hydrogens is 381 g/mol. The number of nitrogens with one attached hydrogen (secondary N) is 1. The molecule has 3 heteroatoms. The maximum Gasteiger partial charge on any atom is 0.0542 e. The molecule has 1 atom stereocenters. The first kappa shape index (κ1) is 15.8. The van der Waals surface area contributed by atoms with Crippen LogP contribution in [0.4, 0.5) is 0 Å². The molecule has 0 saturated heterocycles. The van der Waals surface area contributed by atoms with Gasteiger partial charge in [0.2, 0.25) is 0 Å². The lowest BCUT2D eigenvalue weighted by molar-refractivity contribution is 0.589. The van der Waals surface area contributed by atoms with Crippen molar-refractivity contribution < 1.29 is 0 Å². The summed E-state index contributed by atoms with van der Waals surface area (Å²) in [5.41, 5.74) is 5.35. The molecule has 0 radical (unpaired) electrons. The summed E-state index contributed by atoms with van der Waals surface area (Å²) in [6.07, 6.45) is 0.978. The van der Waals surface area contributed by atoms with E-state index >= 15 is 0 Å². The van der Waals surface area contributed by atoms with Crippen molar-refractivity contribution in [3.8, 4) is 0 Å². The van der Waals surface area contributed by atoms with Crippen molar-refractivity contribution in [2.75, 3.05) is 7.05 Å². The largest absolute Gasteiger partial charge is 0.313 e. The Balaban J connectivity index is 2.31. The summed E-state index contributed by atoms with van der Waals surface area (Å²) in [5, 5.41) is 4.23. The lowest BCUT2D eigenvalue weighted by Gasteiger charge is -2.20.